The van der Waals surface area contributed by atoms with Crippen molar-refractivity contribution in [2.24, 2.45) is 5.92 Å². The average molecular weight is 247 g/mol. The van der Waals surface area contributed by atoms with Crippen LogP contribution in [0.3, 0.4) is 0 Å². The number of amides is 1. The Bertz CT molecular complexity index is 423. The fourth-order valence-electron chi connectivity index (χ4n) is 2.76. The lowest BCUT2D eigenvalue weighted by Gasteiger charge is -2.21. The summed E-state index contributed by atoms with van der Waals surface area (Å²) in [7, 11) is 1.57. The van der Waals surface area contributed by atoms with Gasteiger partial charge in [0.05, 0.1) is 5.56 Å². The second-order valence-electron chi connectivity index (χ2n) is 5.14. The van der Waals surface area contributed by atoms with Crippen LogP contribution in [-0.2, 0) is 6.42 Å². The van der Waals surface area contributed by atoms with Crippen molar-refractivity contribution >= 4 is 5.91 Å². The molecule has 0 radical (unpaired) electrons. The van der Waals surface area contributed by atoms with Gasteiger partial charge in [-0.2, -0.15) is 0 Å². The summed E-state index contributed by atoms with van der Waals surface area (Å²) >= 11 is 0. The third-order valence-electron chi connectivity index (χ3n) is 3.78. The summed E-state index contributed by atoms with van der Waals surface area (Å²) < 4.78 is 0. The molecule has 18 heavy (non-hydrogen) atoms. The van der Waals surface area contributed by atoms with Crippen molar-refractivity contribution in [3.8, 4) is 5.75 Å². The summed E-state index contributed by atoms with van der Waals surface area (Å²) in [5.41, 5.74) is 1.48. The van der Waals surface area contributed by atoms with E-state index in [1.165, 1.54) is 32.1 Å². The summed E-state index contributed by atoms with van der Waals surface area (Å²) in [6.07, 6.45) is 7.61. The second kappa shape index (κ2) is 5.89. The lowest BCUT2D eigenvalue weighted by molar-refractivity contribution is 0.0960. The van der Waals surface area contributed by atoms with E-state index in [2.05, 4.69) is 5.32 Å². The molecule has 0 aromatic heterocycles. The van der Waals surface area contributed by atoms with Crippen LogP contribution >= 0.6 is 0 Å². The Morgan fingerprint density at radius 1 is 1.33 bits per heavy atom. The standard InChI is InChI=1S/C15H21NO2/c1-16-15(18)13-8-7-12(10-14(13)17)9-11-5-3-2-4-6-11/h7-8,10-11,17H,2-6,9H2,1H3,(H,16,18). The van der Waals surface area contributed by atoms with Crippen molar-refractivity contribution in [1.29, 1.82) is 0 Å². The van der Waals surface area contributed by atoms with Crippen LogP contribution in [0.15, 0.2) is 18.2 Å². The lowest BCUT2D eigenvalue weighted by Crippen LogP contribution is -2.18. The molecule has 1 aromatic rings. The second-order valence-corrected chi connectivity index (χ2v) is 5.14. The summed E-state index contributed by atoms with van der Waals surface area (Å²) in [6, 6.07) is 5.41. The Balaban J connectivity index is 2.06. The SMILES string of the molecule is CNC(=O)c1ccc(CC2CCCCC2)cc1O. The summed E-state index contributed by atoms with van der Waals surface area (Å²) in [5, 5.41) is 12.4. The minimum absolute atomic E-state index is 0.0858. The van der Waals surface area contributed by atoms with Crippen LogP contribution in [0.2, 0.25) is 0 Å². The average Bonchev–Trinajstić information content (AvgIpc) is 2.39. The first-order valence-electron chi connectivity index (χ1n) is 6.74. The molecule has 0 aliphatic heterocycles. The van der Waals surface area contributed by atoms with E-state index in [0.29, 0.717) is 5.56 Å². The third kappa shape index (κ3) is 3.03. The quantitative estimate of drug-likeness (QED) is 0.863. The van der Waals surface area contributed by atoms with E-state index in [1.54, 1.807) is 19.2 Å². The van der Waals surface area contributed by atoms with Gasteiger partial charge in [-0.1, -0.05) is 38.2 Å². The molecule has 3 nitrogen and oxygen atoms in total. The molecule has 0 atom stereocenters. The molecule has 2 N–H and O–H groups in total. The summed E-state index contributed by atoms with van der Waals surface area (Å²) in [5.74, 6) is 0.586. The zero-order valence-corrected chi connectivity index (χ0v) is 10.9. The zero-order valence-electron chi connectivity index (χ0n) is 10.9. The Labute approximate surface area is 108 Å². The van der Waals surface area contributed by atoms with Crippen molar-refractivity contribution in [1.82, 2.24) is 5.32 Å². The van der Waals surface area contributed by atoms with Crippen molar-refractivity contribution in [2.45, 2.75) is 38.5 Å². The van der Waals surface area contributed by atoms with Gasteiger partial charge >= 0.3 is 0 Å². The minimum Gasteiger partial charge on any atom is -0.507 e. The number of rotatable bonds is 3. The van der Waals surface area contributed by atoms with Crippen molar-refractivity contribution < 1.29 is 9.90 Å². The molecule has 0 saturated heterocycles. The monoisotopic (exact) mass is 247 g/mol. The van der Waals surface area contributed by atoms with E-state index >= 15 is 0 Å². The van der Waals surface area contributed by atoms with E-state index < -0.39 is 0 Å². The van der Waals surface area contributed by atoms with Gasteiger partial charge in [0, 0.05) is 7.05 Å². The van der Waals surface area contributed by atoms with Gasteiger partial charge in [0.25, 0.3) is 5.91 Å². The van der Waals surface area contributed by atoms with Crippen molar-refractivity contribution in [3.63, 3.8) is 0 Å². The maximum atomic E-state index is 11.5. The highest BCUT2D eigenvalue weighted by molar-refractivity contribution is 5.96. The highest BCUT2D eigenvalue weighted by Crippen LogP contribution is 2.28. The number of hydrogen-bond donors (Lipinski definition) is 2. The number of benzene rings is 1. The van der Waals surface area contributed by atoms with Gasteiger partial charge in [-0.05, 0) is 30.0 Å². The molecular weight excluding hydrogens is 226 g/mol. The fourth-order valence-corrected chi connectivity index (χ4v) is 2.76. The van der Waals surface area contributed by atoms with Crippen LogP contribution in [0.4, 0.5) is 0 Å². The molecule has 1 aliphatic carbocycles. The Morgan fingerprint density at radius 2 is 2.06 bits per heavy atom. The predicted octanol–water partition coefficient (Wildman–Crippen LogP) is 2.87. The Kier molecular flexibility index (Phi) is 4.24. The molecule has 0 unspecified atom stereocenters. The van der Waals surface area contributed by atoms with Crippen LogP contribution in [0.5, 0.6) is 5.75 Å². The number of carbonyl (C=O) groups is 1. The molecule has 1 aliphatic rings. The summed E-state index contributed by atoms with van der Waals surface area (Å²) in [6.45, 7) is 0. The van der Waals surface area contributed by atoms with Crippen LogP contribution in [0.1, 0.15) is 48.0 Å². The predicted molar refractivity (Wildman–Crippen MR) is 71.8 cm³/mol. The molecule has 0 bridgehead atoms. The van der Waals surface area contributed by atoms with Crippen molar-refractivity contribution in [2.75, 3.05) is 7.05 Å². The van der Waals surface area contributed by atoms with Gasteiger partial charge in [-0.25, -0.2) is 0 Å². The largest absolute Gasteiger partial charge is 0.507 e. The first-order chi connectivity index (χ1) is 8.70. The molecule has 0 heterocycles. The Morgan fingerprint density at radius 3 is 2.67 bits per heavy atom. The maximum absolute atomic E-state index is 11.5. The normalized spacial score (nSPS) is 16.5. The molecule has 2 rings (SSSR count). The molecule has 98 valence electrons. The number of phenolic OH excluding ortho intramolecular Hbond substituents is 1. The van der Waals surface area contributed by atoms with Gasteiger partial charge in [0.1, 0.15) is 5.75 Å². The number of hydrogen-bond acceptors (Lipinski definition) is 2. The third-order valence-corrected chi connectivity index (χ3v) is 3.78. The number of nitrogens with one attached hydrogen (secondary N) is 1. The number of phenols is 1. The molecule has 3 heteroatoms. The molecule has 1 saturated carbocycles. The van der Waals surface area contributed by atoms with Gasteiger partial charge in [0.2, 0.25) is 0 Å². The highest BCUT2D eigenvalue weighted by Gasteiger charge is 2.15. The topological polar surface area (TPSA) is 49.3 Å². The first-order valence-corrected chi connectivity index (χ1v) is 6.74. The van der Waals surface area contributed by atoms with Gasteiger partial charge in [-0.3, -0.25) is 4.79 Å². The van der Waals surface area contributed by atoms with Gasteiger partial charge in [-0.15, -0.1) is 0 Å². The highest BCUT2D eigenvalue weighted by atomic mass is 16.3. The van der Waals surface area contributed by atoms with Crippen LogP contribution < -0.4 is 5.32 Å². The number of aromatic hydroxyl groups is 1. The van der Waals surface area contributed by atoms with Crippen LogP contribution in [0, 0.1) is 5.92 Å². The van der Waals surface area contributed by atoms with E-state index in [0.717, 1.165) is 17.9 Å². The zero-order chi connectivity index (χ0) is 13.0. The molecule has 1 fully saturated rings. The molecule has 1 amide bonds. The Hall–Kier alpha value is -1.51. The smallest absolute Gasteiger partial charge is 0.254 e. The molecular formula is C15H21NO2. The fraction of sp³-hybridized carbons (Fsp3) is 0.533. The van der Waals surface area contributed by atoms with E-state index in [9.17, 15) is 9.90 Å². The first kappa shape index (κ1) is 12.9. The van der Waals surface area contributed by atoms with E-state index in [1.807, 2.05) is 6.07 Å². The van der Waals surface area contributed by atoms with E-state index in [4.69, 9.17) is 0 Å². The maximum Gasteiger partial charge on any atom is 0.254 e. The summed E-state index contributed by atoms with van der Waals surface area (Å²) in [4.78, 5) is 11.5. The van der Waals surface area contributed by atoms with E-state index in [-0.39, 0.29) is 11.7 Å². The molecule has 0 spiro atoms. The molecule has 1 aromatic carbocycles. The van der Waals surface area contributed by atoms with Crippen molar-refractivity contribution in [3.05, 3.63) is 29.3 Å². The van der Waals surface area contributed by atoms with Gasteiger partial charge < -0.3 is 10.4 Å². The van der Waals surface area contributed by atoms with Crippen LogP contribution in [-0.4, -0.2) is 18.1 Å². The minimum atomic E-state index is -0.239. The van der Waals surface area contributed by atoms with Gasteiger partial charge in [0.15, 0.2) is 0 Å². The number of carbonyl (C=O) groups excluding carboxylic acids is 1. The van der Waals surface area contributed by atoms with Crippen LogP contribution in [0.25, 0.3) is 0 Å². The lowest BCUT2D eigenvalue weighted by atomic mass is 9.85.